The van der Waals surface area contributed by atoms with Crippen LogP contribution in [0.1, 0.15) is 64.8 Å². The van der Waals surface area contributed by atoms with Gasteiger partial charge in [0.25, 0.3) is 11.8 Å². The number of carbonyl (C=O) groups excluding carboxylic acids is 4. The number of hydrogen-bond acceptors (Lipinski definition) is 12. The summed E-state index contributed by atoms with van der Waals surface area (Å²) in [5.41, 5.74) is 16.9. The summed E-state index contributed by atoms with van der Waals surface area (Å²) in [6.45, 7) is 10.2. The van der Waals surface area contributed by atoms with Crippen LogP contribution in [0.25, 0.3) is 5.70 Å². The molecule has 2 atom stereocenters. The molecule has 4 saturated heterocycles. The minimum atomic E-state index is -0.952. The Hall–Kier alpha value is -5.08. The first-order valence-corrected chi connectivity index (χ1v) is 19.9. The fourth-order valence-corrected chi connectivity index (χ4v) is 10.5. The number of amides is 4. The van der Waals surface area contributed by atoms with Crippen LogP contribution in [0.15, 0.2) is 60.1 Å². The molecule has 0 aromatic heterocycles. The minimum absolute atomic E-state index is 0.107. The molecule has 4 amide bonds. The molecule has 55 heavy (non-hydrogen) atoms. The number of nitrogens with zero attached hydrogens (tertiary/aromatic N) is 5. The highest BCUT2D eigenvalue weighted by molar-refractivity contribution is 6.23. The van der Waals surface area contributed by atoms with Gasteiger partial charge in [0, 0.05) is 88.8 Å². The maximum Gasteiger partial charge on any atom is 0.262 e. The van der Waals surface area contributed by atoms with Crippen LogP contribution in [0.3, 0.4) is 0 Å². The van der Waals surface area contributed by atoms with Gasteiger partial charge in [0.2, 0.25) is 11.8 Å². The second-order valence-electron chi connectivity index (χ2n) is 17.0. The average Bonchev–Trinajstić information content (AvgIpc) is 3.39. The number of likely N-dealkylation sites (tertiary alicyclic amines) is 1. The minimum Gasteiger partial charge on any atom is -0.507 e. The van der Waals surface area contributed by atoms with Crippen molar-refractivity contribution in [3.63, 3.8) is 0 Å². The van der Waals surface area contributed by atoms with Gasteiger partial charge < -0.3 is 36.6 Å². The van der Waals surface area contributed by atoms with Crippen molar-refractivity contribution in [3.8, 4) is 5.75 Å². The van der Waals surface area contributed by atoms with E-state index in [4.69, 9.17) is 11.5 Å². The third-order valence-electron chi connectivity index (χ3n) is 13.2. The molecule has 1 spiro atoms. The predicted octanol–water partition coefficient (Wildman–Crippen LogP) is 1.44. The lowest BCUT2D eigenvalue weighted by molar-refractivity contribution is -0.136. The van der Waals surface area contributed by atoms with E-state index in [1.165, 1.54) is 25.9 Å². The van der Waals surface area contributed by atoms with Gasteiger partial charge in [-0.05, 0) is 85.8 Å². The molecule has 7 N–H and O–H groups in total. The Morgan fingerprint density at radius 3 is 2.40 bits per heavy atom. The molecule has 6 aliphatic heterocycles. The number of piperazine rings is 1. The first-order valence-electron chi connectivity index (χ1n) is 19.9. The topological polar surface area (TPSA) is 181 Å². The number of carbonyl (C=O) groups is 4. The Kier molecular flexibility index (Phi) is 9.00. The van der Waals surface area contributed by atoms with Crippen LogP contribution in [0, 0.1) is 17.3 Å². The largest absolute Gasteiger partial charge is 0.507 e. The van der Waals surface area contributed by atoms with Gasteiger partial charge in [-0.3, -0.25) is 34.3 Å². The number of nitrogens with one attached hydrogen (secondary N) is 2. The molecule has 9 rings (SSSR count). The van der Waals surface area contributed by atoms with Crippen molar-refractivity contribution >= 4 is 35.0 Å². The van der Waals surface area contributed by atoms with E-state index in [0.29, 0.717) is 45.6 Å². The Bertz CT molecular complexity index is 1970. The third-order valence-corrected chi connectivity index (χ3v) is 13.2. The number of imide groups is 2. The smallest absolute Gasteiger partial charge is 0.262 e. The van der Waals surface area contributed by atoms with Crippen molar-refractivity contribution in [2.24, 2.45) is 28.7 Å². The van der Waals surface area contributed by atoms with Crippen molar-refractivity contribution < 1.29 is 24.3 Å². The Morgan fingerprint density at radius 1 is 0.891 bits per heavy atom. The lowest BCUT2D eigenvalue weighted by Gasteiger charge is -2.61. The summed E-state index contributed by atoms with van der Waals surface area (Å²) in [6.07, 6.45) is 6.94. The molecular weight excluding hydrogens is 699 g/mol. The van der Waals surface area contributed by atoms with Crippen molar-refractivity contribution in [3.05, 3.63) is 76.7 Å². The summed E-state index contributed by atoms with van der Waals surface area (Å²) in [6, 6.07) is 11.9. The number of fused-ring (bicyclic) bond motifs is 2. The van der Waals surface area contributed by atoms with Crippen LogP contribution in [0.2, 0.25) is 0 Å². The number of allylic oxidation sites excluding steroid dienone is 1. The molecule has 6 heterocycles. The first kappa shape index (κ1) is 35.6. The zero-order chi connectivity index (χ0) is 38.0. The molecule has 2 aromatic carbocycles. The maximum atomic E-state index is 13.3. The van der Waals surface area contributed by atoms with Crippen molar-refractivity contribution in [1.82, 2.24) is 30.2 Å². The summed E-state index contributed by atoms with van der Waals surface area (Å²) in [5.74, 6) is 0.276. The zero-order valence-corrected chi connectivity index (χ0v) is 31.2. The van der Waals surface area contributed by atoms with Crippen molar-refractivity contribution in [2.75, 3.05) is 70.3 Å². The third kappa shape index (κ3) is 6.58. The lowest BCUT2D eigenvalue weighted by Crippen LogP contribution is -2.65. The number of phenols is 1. The van der Waals surface area contributed by atoms with Crippen molar-refractivity contribution in [1.29, 1.82) is 0 Å². The maximum absolute atomic E-state index is 13.3. The van der Waals surface area contributed by atoms with Crippen LogP contribution in [0.4, 0.5) is 5.69 Å². The van der Waals surface area contributed by atoms with E-state index in [0.717, 1.165) is 87.4 Å². The molecule has 1 saturated carbocycles. The second kappa shape index (κ2) is 13.9. The molecule has 0 radical (unpaired) electrons. The number of aromatic hydroxyl groups is 1. The number of hydrogen-bond donors (Lipinski definition) is 5. The molecule has 14 heteroatoms. The standard InChI is InChI=1S/C41H51N9O5/c42-32(30-3-1-2-4-35(30)51)16-34-37(43)44-19-28-22-46(13-14-49(28)34)21-26-17-41(18-26)23-47(24-41)20-25-9-11-48(12-10-25)27-5-6-29-31(15-27)40(55)50(39(29)54)33-7-8-36(52)45-38(33)53/h1-6,15-16,25-26,28,33,44,51H,7-14,17-24,42-43H2,(H,45,52,53)/b32-16-. The predicted molar refractivity (Wildman–Crippen MR) is 206 cm³/mol. The fourth-order valence-electron chi connectivity index (χ4n) is 10.5. The second-order valence-corrected chi connectivity index (χ2v) is 17.0. The summed E-state index contributed by atoms with van der Waals surface area (Å²) in [4.78, 5) is 61.5. The van der Waals surface area contributed by atoms with E-state index in [9.17, 15) is 24.3 Å². The summed E-state index contributed by atoms with van der Waals surface area (Å²) < 4.78 is 0. The van der Waals surface area contributed by atoms with E-state index >= 15 is 0 Å². The average molecular weight is 750 g/mol. The molecule has 5 fully saturated rings. The van der Waals surface area contributed by atoms with Gasteiger partial charge in [0.1, 0.15) is 17.6 Å². The SMILES string of the molecule is NC1=C(/C=C(\N)c2ccccc2O)N2CCN(CC3CC4(C3)CN(CC3CCN(c5ccc6c(c5)C(=O)N(C5CCC(=O)NC5=O)C6=O)CC3)C4)CC2CN1. The number of piperidine rings is 2. The van der Waals surface area contributed by atoms with Crippen LogP contribution < -0.4 is 27.0 Å². The number of anilines is 1. The Labute approximate surface area is 321 Å². The first-order chi connectivity index (χ1) is 26.5. The zero-order valence-electron chi connectivity index (χ0n) is 31.2. The summed E-state index contributed by atoms with van der Waals surface area (Å²) in [7, 11) is 0. The molecule has 290 valence electrons. The number of para-hydroxylation sites is 1. The van der Waals surface area contributed by atoms with Gasteiger partial charge >= 0.3 is 0 Å². The van der Waals surface area contributed by atoms with E-state index in [1.807, 2.05) is 24.3 Å². The Balaban J connectivity index is 0.711. The van der Waals surface area contributed by atoms with Gasteiger partial charge in [-0.2, -0.15) is 0 Å². The van der Waals surface area contributed by atoms with Gasteiger partial charge in [-0.25, -0.2) is 0 Å². The Morgan fingerprint density at radius 2 is 1.64 bits per heavy atom. The lowest BCUT2D eigenvalue weighted by atomic mass is 9.57. The van der Waals surface area contributed by atoms with Crippen LogP contribution in [0.5, 0.6) is 5.75 Å². The molecule has 7 aliphatic rings. The van der Waals surface area contributed by atoms with Crippen LogP contribution >= 0.6 is 0 Å². The summed E-state index contributed by atoms with van der Waals surface area (Å²) >= 11 is 0. The highest BCUT2D eigenvalue weighted by atomic mass is 16.3. The van der Waals surface area contributed by atoms with E-state index < -0.39 is 23.8 Å². The molecular formula is C41H51N9O5. The quantitative estimate of drug-likeness (QED) is 0.246. The highest BCUT2D eigenvalue weighted by Gasteiger charge is 2.52. The van der Waals surface area contributed by atoms with E-state index in [-0.39, 0.29) is 24.5 Å². The van der Waals surface area contributed by atoms with Crippen LogP contribution in [-0.4, -0.2) is 126 Å². The molecule has 2 unspecified atom stereocenters. The fraction of sp³-hybridized carbons (Fsp3) is 0.512. The molecule has 1 aliphatic carbocycles. The number of benzene rings is 2. The van der Waals surface area contributed by atoms with Gasteiger partial charge in [-0.1, -0.05) is 12.1 Å². The van der Waals surface area contributed by atoms with E-state index in [2.05, 4.69) is 30.2 Å². The molecule has 14 nitrogen and oxygen atoms in total. The van der Waals surface area contributed by atoms with Gasteiger partial charge in [0.15, 0.2) is 0 Å². The molecule has 0 bridgehead atoms. The number of nitrogens with two attached hydrogens (primary N) is 2. The van der Waals surface area contributed by atoms with Gasteiger partial charge in [-0.15, -0.1) is 0 Å². The monoisotopic (exact) mass is 749 g/mol. The molecule has 2 aromatic rings. The van der Waals surface area contributed by atoms with Gasteiger partial charge in [0.05, 0.1) is 22.9 Å². The number of rotatable bonds is 8. The normalized spacial score (nSPS) is 26.5. The van der Waals surface area contributed by atoms with Crippen LogP contribution in [-0.2, 0) is 9.59 Å². The van der Waals surface area contributed by atoms with Crippen molar-refractivity contribution in [2.45, 2.75) is 50.6 Å². The highest BCUT2D eigenvalue weighted by Crippen LogP contribution is 2.52. The van der Waals surface area contributed by atoms with E-state index in [1.54, 1.807) is 24.3 Å². The summed E-state index contributed by atoms with van der Waals surface area (Å²) in [5, 5.41) is 15.9. The number of phenolic OH excluding ortho intramolecular Hbond substituents is 1.